The molecule has 2 aromatic rings. The Morgan fingerprint density at radius 2 is 2.05 bits per heavy atom. The van der Waals surface area contributed by atoms with Crippen LogP contribution in [0.25, 0.3) is 10.4 Å². The first-order valence-corrected chi connectivity index (χ1v) is 7.10. The topological polar surface area (TPSA) is 52.3 Å². The van der Waals surface area contributed by atoms with Crippen LogP contribution in [0.1, 0.15) is 27.2 Å². The predicted octanol–water partition coefficient (Wildman–Crippen LogP) is 3.27. The molecule has 0 spiro atoms. The van der Waals surface area contributed by atoms with Gasteiger partial charge in [0.2, 0.25) is 0 Å². The van der Waals surface area contributed by atoms with Crippen LogP contribution in [0.2, 0.25) is 0 Å². The Morgan fingerprint density at radius 1 is 1.26 bits per heavy atom. The molecule has 19 heavy (non-hydrogen) atoms. The van der Waals surface area contributed by atoms with Crippen LogP contribution < -0.4 is 5.73 Å². The SMILES string of the molecule is COC(=O)c1sc(-c2ccc3c(c2)CCC3)cc1N. The van der Waals surface area contributed by atoms with E-state index in [1.165, 1.54) is 42.4 Å². The van der Waals surface area contributed by atoms with Gasteiger partial charge in [-0.1, -0.05) is 18.2 Å². The van der Waals surface area contributed by atoms with Crippen LogP contribution >= 0.6 is 11.3 Å². The third-order valence-corrected chi connectivity index (χ3v) is 4.69. The summed E-state index contributed by atoms with van der Waals surface area (Å²) in [5, 5.41) is 0. The van der Waals surface area contributed by atoms with E-state index in [0.717, 1.165) is 16.9 Å². The van der Waals surface area contributed by atoms with Crippen molar-refractivity contribution in [1.82, 2.24) is 0 Å². The highest BCUT2D eigenvalue weighted by Crippen LogP contribution is 2.35. The maximum Gasteiger partial charge on any atom is 0.350 e. The summed E-state index contributed by atoms with van der Waals surface area (Å²) < 4.78 is 4.73. The second-order valence-corrected chi connectivity index (χ2v) is 5.78. The van der Waals surface area contributed by atoms with Crippen molar-refractivity contribution in [3.63, 3.8) is 0 Å². The number of aryl methyl sites for hydroxylation is 2. The van der Waals surface area contributed by atoms with Crippen molar-refractivity contribution in [3.8, 4) is 10.4 Å². The molecule has 0 amide bonds. The standard InChI is InChI=1S/C15H15NO2S/c1-18-15(17)14-12(16)8-13(19-14)11-6-5-9-3-2-4-10(9)7-11/h5-8H,2-4,16H2,1H3. The van der Waals surface area contributed by atoms with Crippen LogP contribution in [-0.2, 0) is 17.6 Å². The van der Waals surface area contributed by atoms with E-state index >= 15 is 0 Å². The summed E-state index contributed by atoms with van der Waals surface area (Å²) in [6, 6.07) is 8.37. The van der Waals surface area contributed by atoms with E-state index in [1.54, 1.807) is 0 Å². The molecule has 2 N–H and O–H groups in total. The summed E-state index contributed by atoms with van der Waals surface area (Å²) in [5.74, 6) is -0.366. The second kappa shape index (κ2) is 4.70. The van der Waals surface area contributed by atoms with Crippen molar-refractivity contribution in [1.29, 1.82) is 0 Å². The molecular weight excluding hydrogens is 258 g/mol. The maximum absolute atomic E-state index is 11.6. The summed E-state index contributed by atoms with van der Waals surface area (Å²) in [5.41, 5.74) is 10.4. The number of esters is 1. The lowest BCUT2D eigenvalue weighted by atomic mass is 10.1. The number of rotatable bonds is 2. The molecule has 1 aliphatic rings. The molecule has 0 bridgehead atoms. The van der Waals surface area contributed by atoms with Crippen LogP contribution in [0.5, 0.6) is 0 Å². The number of hydrogen-bond donors (Lipinski definition) is 1. The number of hydrogen-bond acceptors (Lipinski definition) is 4. The number of carbonyl (C=O) groups is 1. The molecule has 3 rings (SSSR count). The van der Waals surface area contributed by atoms with Crippen LogP contribution in [0.15, 0.2) is 24.3 Å². The Kier molecular flexibility index (Phi) is 3.03. The molecule has 1 aliphatic carbocycles. The molecule has 0 aliphatic heterocycles. The largest absolute Gasteiger partial charge is 0.465 e. The fraction of sp³-hybridized carbons (Fsp3) is 0.267. The van der Waals surface area contributed by atoms with E-state index in [1.807, 2.05) is 6.07 Å². The van der Waals surface area contributed by atoms with Gasteiger partial charge in [-0.25, -0.2) is 4.79 Å². The van der Waals surface area contributed by atoms with Crippen molar-refractivity contribution in [2.45, 2.75) is 19.3 Å². The summed E-state index contributed by atoms with van der Waals surface area (Å²) in [6.07, 6.45) is 3.56. The summed E-state index contributed by atoms with van der Waals surface area (Å²) in [4.78, 5) is 13.1. The van der Waals surface area contributed by atoms with Crippen molar-refractivity contribution >= 4 is 23.0 Å². The zero-order valence-corrected chi connectivity index (χ0v) is 11.5. The van der Waals surface area contributed by atoms with Gasteiger partial charge in [-0.05, 0) is 42.0 Å². The van der Waals surface area contributed by atoms with E-state index in [0.29, 0.717) is 10.6 Å². The van der Waals surface area contributed by atoms with Gasteiger partial charge in [-0.2, -0.15) is 0 Å². The quantitative estimate of drug-likeness (QED) is 0.854. The highest BCUT2D eigenvalue weighted by atomic mass is 32.1. The van der Waals surface area contributed by atoms with Crippen LogP contribution in [0.4, 0.5) is 5.69 Å². The van der Waals surface area contributed by atoms with E-state index in [2.05, 4.69) is 18.2 Å². The number of nitrogens with two attached hydrogens (primary N) is 1. The number of carbonyl (C=O) groups excluding carboxylic acids is 1. The zero-order chi connectivity index (χ0) is 13.4. The molecule has 0 saturated carbocycles. The van der Waals surface area contributed by atoms with Gasteiger partial charge in [0, 0.05) is 4.88 Å². The molecule has 98 valence electrons. The molecular formula is C15H15NO2S. The van der Waals surface area contributed by atoms with Crippen molar-refractivity contribution < 1.29 is 9.53 Å². The van der Waals surface area contributed by atoms with E-state index in [4.69, 9.17) is 10.5 Å². The number of thiophene rings is 1. The van der Waals surface area contributed by atoms with Crippen LogP contribution in [0.3, 0.4) is 0 Å². The third kappa shape index (κ3) is 2.12. The minimum atomic E-state index is -0.366. The van der Waals surface area contributed by atoms with E-state index in [-0.39, 0.29) is 5.97 Å². The molecule has 1 aromatic heterocycles. The summed E-state index contributed by atoms with van der Waals surface area (Å²) in [7, 11) is 1.37. The number of ether oxygens (including phenoxy) is 1. The van der Waals surface area contributed by atoms with Gasteiger partial charge in [0.25, 0.3) is 0 Å². The summed E-state index contributed by atoms with van der Waals surface area (Å²) in [6.45, 7) is 0. The highest BCUT2D eigenvalue weighted by Gasteiger charge is 2.17. The van der Waals surface area contributed by atoms with E-state index in [9.17, 15) is 4.79 Å². The van der Waals surface area contributed by atoms with Gasteiger partial charge < -0.3 is 10.5 Å². The lowest BCUT2D eigenvalue weighted by molar-refractivity contribution is 0.0607. The van der Waals surface area contributed by atoms with Crippen LogP contribution in [-0.4, -0.2) is 13.1 Å². The van der Waals surface area contributed by atoms with Gasteiger partial charge >= 0.3 is 5.97 Å². The minimum Gasteiger partial charge on any atom is -0.465 e. The lowest BCUT2D eigenvalue weighted by Crippen LogP contribution is -2.00. The average molecular weight is 273 g/mol. The Morgan fingerprint density at radius 3 is 2.84 bits per heavy atom. The fourth-order valence-corrected chi connectivity index (χ4v) is 3.52. The zero-order valence-electron chi connectivity index (χ0n) is 10.7. The van der Waals surface area contributed by atoms with Crippen molar-refractivity contribution in [3.05, 3.63) is 40.3 Å². The smallest absolute Gasteiger partial charge is 0.350 e. The molecule has 1 aromatic carbocycles. The molecule has 4 heteroatoms. The average Bonchev–Trinajstić information content (AvgIpc) is 3.03. The van der Waals surface area contributed by atoms with Gasteiger partial charge in [0.05, 0.1) is 12.8 Å². The summed E-state index contributed by atoms with van der Waals surface area (Å²) >= 11 is 1.39. The van der Waals surface area contributed by atoms with Crippen molar-refractivity contribution in [2.75, 3.05) is 12.8 Å². The molecule has 0 atom stereocenters. The first kappa shape index (κ1) is 12.2. The monoisotopic (exact) mass is 273 g/mol. The fourth-order valence-electron chi connectivity index (χ4n) is 2.52. The van der Waals surface area contributed by atoms with Gasteiger partial charge in [-0.3, -0.25) is 0 Å². The Labute approximate surface area is 116 Å². The third-order valence-electron chi connectivity index (χ3n) is 3.51. The Hall–Kier alpha value is -1.81. The number of fused-ring (bicyclic) bond motifs is 1. The van der Waals surface area contributed by atoms with Gasteiger partial charge in [0.1, 0.15) is 4.88 Å². The predicted molar refractivity (Wildman–Crippen MR) is 77.5 cm³/mol. The Balaban J connectivity index is 2.01. The minimum absolute atomic E-state index is 0.366. The molecule has 0 fully saturated rings. The number of methoxy groups -OCH3 is 1. The normalized spacial score (nSPS) is 13.3. The molecule has 0 unspecified atom stereocenters. The maximum atomic E-state index is 11.6. The highest BCUT2D eigenvalue weighted by molar-refractivity contribution is 7.18. The van der Waals surface area contributed by atoms with Crippen LogP contribution in [0, 0.1) is 0 Å². The molecule has 0 radical (unpaired) electrons. The number of nitrogen functional groups attached to an aromatic ring is 1. The molecule has 0 saturated heterocycles. The van der Waals surface area contributed by atoms with Gasteiger partial charge in [0.15, 0.2) is 0 Å². The number of anilines is 1. The lowest BCUT2D eigenvalue weighted by Gasteiger charge is -2.02. The second-order valence-electron chi connectivity index (χ2n) is 4.72. The first-order valence-electron chi connectivity index (χ1n) is 6.29. The molecule has 1 heterocycles. The first-order chi connectivity index (χ1) is 9.19. The van der Waals surface area contributed by atoms with Gasteiger partial charge in [-0.15, -0.1) is 11.3 Å². The molecule has 3 nitrogen and oxygen atoms in total. The Bertz CT molecular complexity index is 646. The van der Waals surface area contributed by atoms with Crippen molar-refractivity contribution in [2.24, 2.45) is 0 Å². The van der Waals surface area contributed by atoms with E-state index < -0.39 is 0 Å². The number of benzene rings is 1.